The number of halogens is 1. The minimum Gasteiger partial charge on any atom is -0.506 e. The number of nitrogens with one attached hydrogen (secondary N) is 2. The third-order valence-corrected chi connectivity index (χ3v) is 5.65. The number of rotatable bonds is 9. The second kappa shape index (κ2) is 11.4. The van der Waals surface area contributed by atoms with E-state index in [1.165, 1.54) is 18.2 Å². The summed E-state index contributed by atoms with van der Waals surface area (Å²) in [4.78, 5) is 12.3. The van der Waals surface area contributed by atoms with Gasteiger partial charge in [0.1, 0.15) is 18.1 Å². The van der Waals surface area contributed by atoms with Crippen LogP contribution in [0.5, 0.6) is 11.5 Å². The third-order valence-electron chi connectivity index (χ3n) is 5.34. The number of phenols is 1. The number of hydrazone groups is 1. The second-order valence-electron chi connectivity index (χ2n) is 7.83. The van der Waals surface area contributed by atoms with E-state index in [9.17, 15) is 9.90 Å². The van der Waals surface area contributed by atoms with Crippen LogP contribution in [-0.4, -0.2) is 30.4 Å². The zero-order valence-electron chi connectivity index (χ0n) is 18.9. The zero-order valence-corrected chi connectivity index (χ0v) is 19.6. The van der Waals surface area contributed by atoms with Gasteiger partial charge in [-0.25, -0.2) is 5.43 Å². The lowest BCUT2D eigenvalue weighted by Crippen LogP contribution is -2.20. The summed E-state index contributed by atoms with van der Waals surface area (Å²) < 4.78 is 6.02. The first-order valence-electron chi connectivity index (χ1n) is 11.0. The number of nitrogens with zero attached hydrogens (tertiary/aromatic N) is 1. The number of carbonyl (C=O) groups excluding carboxylic acids is 1. The van der Waals surface area contributed by atoms with Gasteiger partial charge in [0.2, 0.25) is 0 Å². The third kappa shape index (κ3) is 6.29. The van der Waals surface area contributed by atoms with Gasteiger partial charge in [0.05, 0.1) is 11.2 Å². The minimum absolute atomic E-state index is 0. The highest BCUT2D eigenvalue weighted by atomic mass is 35.5. The summed E-state index contributed by atoms with van der Waals surface area (Å²) in [7, 11) is 0. The van der Waals surface area contributed by atoms with Gasteiger partial charge in [-0.1, -0.05) is 48.0 Å². The van der Waals surface area contributed by atoms with Crippen LogP contribution >= 0.6 is 11.6 Å². The molecule has 4 aromatic carbocycles. The van der Waals surface area contributed by atoms with Crippen LogP contribution in [0, 0.1) is 0 Å². The monoisotopic (exact) mass is 492 g/mol. The summed E-state index contributed by atoms with van der Waals surface area (Å²) in [5.74, 6) is 0.256. The lowest BCUT2D eigenvalue weighted by molar-refractivity contribution is 0.0955. The number of hydrogen-bond donors (Lipinski definition) is 4. The van der Waals surface area contributed by atoms with Crippen LogP contribution in [0.2, 0.25) is 5.02 Å². The SMILES string of the molecule is Nc1ccc(CNCCOc2ccc(/C=N/NC(=O)c3ccc(O)c(Cl)c3)c3ccccc23)cc1.[HH].[HH]. The molecule has 182 valence electrons. The van der Waals surface area contributed by atoms with Gasteiger partial charge in [-0.15, -0.1) is 0 Å². The van der Waals surface area contributed by atoms with Crippen molar-refractivity contribution in [2.75, 3.05) is 18.9 Å². The molecule has 0 saturated carbocycles. The predicted octanol–water partition coefficient (Wildman–Crippen LogP) is 5.21. The summed E-state index contributed by atoms with van der Waals surface area (Å²) in [5, 5.41) is 18.9. The van der Waals surface area contributed by atoms with Crippen molar-refractivity contribution in [1.29, 1.82) is 0 Å². The molecule has 0 spiro atoms. The van der Waals surface area contributed by atoms with Crippen LogP contribution in [0.3, 0.4) is 0 Å². The normalized spacial score (nSPS) is 11.1. The van der Waals surface area contributed by atoms with Crippen LogP contribution < -0.4 is 21.2 Å². The van der Waals surface area contributed by atoms with Crippen molar-refractivity contribution in [2.45, 2.75) is 6.54 Å². The van der Waals surface area contributed by atoms with Crippen molar-refractivity contribution in [3.05, 3.63) is 101 Å². The number of phenolic OH excluding ortho intramolecular Hbond substituents is 1. The van der Waals surface area contributed by atoms with Gasteiger partial charge in [-0.2, -0.15) is 5.10 Å². The molecule has 0 aliphatic rings. The first-order valence-corrected chi connectivity index (χ1v) is 11.4. The molecular weight excluding hydrogens is 464 g/mol. The molecule has 0 heterocycles. The Morgan fingerprint density at radius 3 is 2.60 bits per heavy atom. The molecule has 0 bridgehead atoms. The number of amides is 1. The van der Waals surface area contributed by atoms with Crippen molar-refractivity contribution < 1.29 is 17.5 Å². The fourth-order valence-electron chi connectivity index (χ4n) is 3.51. The standard InChI is InChI=1S/C27H25ClN4O3.2H2/c28-24-15-19(7-11-25(24)33)27(34)32-31-17-20-8-12-26(23-4-2-1-3-22(20)23)35-14-13-30-16-18-5-9-21(29)10-6-18;;/h1-12,15,17,30,33H,13-14,16,29H2,(H,32,34);2*1H/b31-17+;;. The van der Waals surface area contributed by atoms with Crippen LogP contribution in [0.4, 0.5) is 5.69 Å². The molecule has 0 aromatic heterocycles. The number of fused-ring (bicyclic) bond motifs is 1. The van der Waals surface area contributed by atoms with Crippen molar-refractivity contribution in [1.82, 2.24) is 10.7 Å². The van der Waals surface area contributed by atoms with Crippen molar-refractivity contribution in [3.63, 3.8) is 0 Å². The van der Waals surface area contributed by atoms with E-state index in [1.54, 1.807) is 6.21 Å². The highest BCUT2D eigenvalue weighted by Gasteiger charge is 2.08. The summed E-state index contributed by atoms with van der Waals surface area (Å²) in [6.45, 7) is 1.94. The molecule has 35 heavy (non-hydrogen) atoms. The Labute approximate surface area is 211 Å². The lowest BCUT2D eigenvalue weighted by atomic mass is 10.0. The highest BCUT2D eigenvalue weighted by molar-refractivity contribution is 6.32. The van der Waals surface area contributed by atoms with E-state index >= 15 is 0 Å². The molecule has 5 N–H and O–H groups in total. The Balaban J connectivity index is 0.00000241. The van der Waals surface area contributed by atoms with Crippen molar-refractivity contribution in [3.8, 4) is 11.5 Å². The average Bonchev–Trinajstić information content (AvgIpc) is 2.87. The van der Waals surface area contributed by atoms with E-state index in [4.69, 9.17) is 22.1 Å². The number of ether oxygens (including phenoxy) is 1. The van der Waals surface area contributed by atoms with E-state index in [0.717, 1.165) is 39.9 Å². The summed E-state index contributed by atoms with van der Waals surface area (Å²) in [5.41, 5.74) is 11.2. The maximum absolute atomic E-state index is 12.3. The summed E-state index contributed by atoms with van der Waals surface area (Å²) >= 11 is 5.87. The fourth-order valence-corrected chi connectivity index (χ4v) is 3.69. The first-order chi connectivity index (χ1) is 17.0. The van der Waals surface area contributed by atoms with Crippen LogP contribution in [0.25, 0.3) is 10.8 Å². The Morgan fingerprint density at radius 1 is 1.06 bits per heavy atom. The topological polar surface area (TPSA) is 109 Å². The number of aromatic hydroxyl groups is 1. The summed E-state index contributed by atoms with van der Waals surface area (Å²) in [6, 6.07) is 23.6. The molecule has 7 nitrogen and oxygen atoms in total. The van der Waals surface area contributed by atoms with Gasteiger partial charge >= 0.3 is 0 Å². The fraction of sp³-hybridized carbons (Fsp3) is 0.111. The largest absolute Gasteiger partial charge is 0.506 e. The predicted molar refractivity (Wildman–Crippen MR) is 144 cm³/mol. The van der Waals surface area contributed by atoms with Gasteiger partial charge in [-0.05, 0) is 53.4 Å². The number of benzene rings is 4. The molecule has 0 fully saturated rings. The zero-order chi connectivity index (χ0) is 24.6. The Bertz CT molecular complexity index is 1370. The van der Waals surface area contributed by atoms with E-state index in [0.29, 0.717) is 18.7 Å². The van der Waals surface area contributed by atoms with Gasteiger partial charge in [0.25, 0.3) is 5.91 Å². The highest BCUT2D eigenvalue weighted by Crippen LogP contribution is 2.28. The van der Waals surface area contributed by atoms with E-state index in [2.05, 4.69) is 15.8 Å². The second-order valence-corrected chi connectivity index (χ2v) is 8.24. The molecule has 4 aromatic rings. The van der Waals surface area contributed by atoms with Gasteiger partial charge in [-0.3, -0.25) is 4.79 Å². The van der Waals surface area contributed by atoms with Crippen molar-refractivity contribution in [2.24, 2.45) is 5.10 Å². The van der Waals surface area contributed by atoms with E-state index in [-0.39, 0.29) is 13.6 Å². The molecule has 0 saturated heterocycles. The molecule has 4 rings (SSSR count). The number of anilines is 1. The number of hydrogen-bond acceptors (Lipinski definition) is 6. The minimum atomic E-state index is -0.432. The quantitative estimate of drug-likeness (QED) is 0.111. The first kappa shape index (κ1) is 24.1. The van der Waals surface area contributed by atoms with Gasteiger partial charge in [0.15, 0.2) is 0 Å². The van der Waals surface area contributed by atoms with Gasteiger partial charge in [0, 0.05) is 38.1 Å². The van der Waals surface area contributed by atoms with Crippen LogP contribution in [0.1, 0.15) is 24.3 Å². The molecular formula is C27H29ClN4O3. The maximum atomic E-state index is 12.3. The maximum Gasteiger partial charge on any atom is 0.271 e. The van der Waals surface area contributed by atoms with Crippen LogP contribution in [0.15, 0.2) is 84.0 Å². The molecule has 1 amide bonds. The molecule has 0 unspecified atom stereocenters. The van der Waals surface area contributed by atoms with Crippen molar-refractivity contribution >= 4 is 40.2 Å². The molecule has 0 radical (unpaired) electrons. The molecule has 8 heteroatoms. The smallest absolute Gasteiger partial charge is 0.271 e. The number of carbonyl (C=O) groups is 1. The van der Waals surface area contributed by atoms with Gasteiger partial charge < -0.3 is 20.9 Å². The Kier molecular flexibility index (Phi) is 7.82. The number of nitrogen functional groups attached to an aromatic ring is 1. The molecule has 0 aliphatic heterocycles. The molecule has 0 aliphatic carbocycles. The Morgan fingerprint density at radius 2 is 1.83 bits per heavy atom. The Hall–Kier alpha value is -4.07. The lowest BCUT2D eigenvalue weighted by Gasteiger charge is -2.12. The average molecular weight is 493 g/mol. The summed E-state index contributed by atoms with van der Waals surface area (Å²) in [6.07, 6.45) is 1.58. The van der Waals surface area contributed by atoms with Crippen LogP contribution in [-0.2, 0) is 6.54 Å². The van der Waals surface area contributed by atoms with E-state index in [1.807, 2.05) is 60.7 Å². The molecule has 0 atom stereocenters. The van der Waals surface area contributed by atoms with E-state index < -0.39 is 5.91 Å². The number of nitrogens with two attached hydrogens (primary N) is 1.